The molecule has 1 saturated heterocycles. The number of anilines is 1. The van der Waals surface area contributed by atoms with Crippen molar-refractivity contribution in [2.24, 2.45) is 0 Å². The monoisotopic (exact) mass is 346 g/mol. The highest BCUT2D eigenvalue weighted by Crippen LogP contribution is 2.39. The Morgan fingerprint density at radius 2 is 2.24 bits per heavy atom. The third-order valence-corrected chi connectivity index (χ3v) is 4.69. The maximum Gasteiger partial charge on any atom is 0.322 e. The summed E-state index contributed by atoms with van der Waals surface area (Å²) in [4.78, 5) is 18.4. The normalized spacial score (nSPS) is 20.1. The van der Waals surface area contributed by atoms with E-state index in [-0.39, 0.29) is 24.6 Å². The standard InChI is InChI=1S/C17H19FN4O3/c18-11-5-6-14(19-17(24)22-7-1-2-12(22)9-23)13(8-11)16-20-15(21-25-16)10-3-4-10/h5-6,8,10,12,23H,1-4,7,9H2,(H,19,24)/t12-/m1/s1. The number of nitrogens with zero attached hydrogens (tertiary/aromatic N) is 3. The molecule has 2 amide bonds. The first-order chi connectivity index (χ1) is 12.2. The van der Waals surface area contributed by atoms with E-state index in [1.54, 1.807) is 4.90 Å². The van der Waals surface area contributed by atoms with Crippen LogP contribution in [-0.2, 0) is 0 Å². The van der Waals surface area contributed by atoms with Gasteiger partial charge in [-0.05, 0) is 43.9 Å². The molecule has 25 heavy (non-hydrogen) atoms. The Kier molecular flexibility index (Phi) is 4.12. The molecule has 1 atom stereocenters. The van der Waals surface area contributed by atoms with E-state index in [0.717, 1.165) is 25.7 Å². The third kappa shape index (κ3) is 3.21. The molecule has 1 aliphatic carbocycles. The van der Waals surface area contributed by atoms with Crippen molar-refractivity contribution in [1.29, 1.82) is 0 Å². The molecule has 8 heteroatoms. The number of nitrogens with one attached hydrogen (secondary N) is 1. The van der Waals surface area contributed by atoms with Gasteiger partial charge in [0.1, 0.15) is 5.82 Å². The van der Waals surface area contributed by atoms with E-state index in [9.17, 15) is 14.3 Å². The predicted molar refractivity (Wildman–Crippen MR) is 87.5 cm³/mol. The molecule has 2 heterocycles. The highest BCUT2D eigenvalue weighted by Gasteiger charge is 2.31. The number of halogens is 1. The largest absolute Gasteiger partial charge is 0.394 e. The SMILES string of the molecule is O=C(Nc1ccc(F)cc1-c1nc(C2CC2)no1)N1CCC[C@@H]1CO. The van der Waals surface area contributed by atoms with Crippen molar-refractivity contribution in [2.45, 2.75) is 37.6 Å². The van der Waals surface area contributed by atoms with Crippen LogP contribution in [0.3, 0.4) is 0 Å². The number of hydrogen-bond acceptors (Lipinski definition) is 5. The molecule has 1 aromatic carbocycles. The second-order valence-electron chi connectivity index (χ2n) is 6.52. The average molecular weight is 346 g/mol. The van der Waals surface area contributed by atoms with Crippen molar-refractivity contribution in [3.05, 3.63) is 29.8 Å². The predicted octanol–water partition coefficient (Wildman–Crippen LogP) is 2.74. The van der Waals surface area contributed by atoms with Gasteiger partial charge in [-0.1, -0.05) is 5.16 Å². The van der Waals surface area contributed by atoms with Crippen molar-refractivity contribution in [3.63, 3.8) is 0 Å². The van der Waals surface area contributed by atoms with Crippen LogP contribution in [0.5, 0.6) is 0 Å². The molecule has 132 valence electrons. The second-order valence-corrected chi connectivity index (χ2v) is 6.52. The summed E-state index contributed by atoms with van der Waals surface area (Å²) >= 11 is 0. The minimum absolute atomic E-state index is 0.0713. The molecule has 4 rings (SSSR count). The fraction of sp³-hybridized carbons (Fsp3) is 0.471. The number of carbonyl (C=O) groups is 1. The minimum Gasteiger partial charge on any atom is -0.394 e. The van der Waals surface area contributed by atoms with Gasteiger partial charge in [0, 0.05) is 12.5 Å². The number of benzene rings is 1. The summed E-state index contributed by atoms with van der Waals surface area (Å²) in [5.74, 6) is 0.681. The van der Waals surface area contributed by atoms with Gasteiger partial charge in [-0.3, -0.25) is 0 Å². The Morgan fingerprint density at radius 1 is 1.40 bits per heavy atom. The van der Waals surface area contributed by atoms with Gasteiger partial charge >= 0.3 is 6.03 Å². The quantitative estimate of drug-likeness (QED) is 0.888. The van der Waals surface area contributed by atoms with Crippen molar-refractivity contribution in [1.82, 2.24) is 15.0 Å². The zero-order valence-electron chi connectivity index (χ0n) is 13.6. The first-order valence-electron chi connectivity index (χ1n) is 8.47. The molecular formula is C17H19FN4O3. The molecule has 2 N–H and O–H groups in total. The molecule has 2 fully saturated rings. The lowest BCUT2D eigenvalue weighted by Crippen LogP contribution is -2.40. The first-order valence-corrected chi connectivity index (χ1v) is 8.47. The summed E-state index contributed by atoms with van der Waals surface area (Å²) in [5.41, 5.74) is 0.758. The van der Waals surface area contributed by atoms with Crippen LogP contribution in [0.4, 0.5) is 14.9 Å². The number of rotatable bonds is 4. The summed E-state index contributed by atoms with van der Waals surface area (Å²) in [6, 6.07) is 3.51. The zero-order chi connectivity index (χ0) is 17.4. The van der Waals surface area contributed by atoms with Crippen LogP contribution >= 0.6 is 0 Å². The Morgan fingerprint density at radius 3 is 3.00 bits per heavy atom. The minimum atomic E-state index is -0.450. The lowest BCUT2D eigenvalue weighted by atomic mass is 10.1. The number of aromatic nitrogens is 2. The molecule has 0 radical (unpaired) electrons. The molecule has 1 aliphatic heterocycles. The van der Waals surface area contributed by atoms with E-state index in [0.29, 0.717) is 29.5 Å². The van der Waals surface area contributed by atoms with Crippen LogP contribution in [0.15, 0.2) is 22.7 Å². The topological polar surface area (TPSA) is 91.5 Å². The lowest BCUT2D eigenvalue weighted by Gasteiger charge is -2.23. The van der Waals surface area contributed by atoms with Crippen LogP contribution in [0.1, 0.15) is 37.4 Å². The molecule has 0 bridgehead atoms. The zero-order valence-corrected chi connectivity index (χ0v) is 13.6. The number of likely N-dealkylation sites (tertiary alicyclic amines) is 1. The summed E-state index contributed by atoms with van der Waals surface area (Å²) < 4.78 is 19.0. The van der Waals surface area contributed by atoms with E-state index in [2.05, 4.69) is 15.5 Å². The highest BCUT2D eigenvalue weighted by atomic mass is 19.1. The molecule has 7 nitrogen and oxygen atoms in total. The maximum atomic E-state index is 13.7. The van der Waals surface area contributed by atoms with Crippen LogP contribution < -0.4 is 5.32 Å². The molecule has 2 aliphatic rings. The van der Waals surface area contributed by atoms with Gasteiger partial charge < -0.3 is 19.8 Å². The summed E-state index contributed by atoms with van der Waals surface area (Å²) in [6.07, 6.45) is 3.68. The second kappa shape index (κ2) is 6.44. The lowest BCUT2D eigenvalue weighted by molar-refractivity contribution is 0.166. The Labute approximate surface area is 143 Å². The number of urea groups is 1. The van der Waals surface area contributed by atoms with Crippen molar-refractivity contribution in [2.75, 3.05) is 18.5 Å². The van der Waals surface area contributed by atoms with Gasteiger partial charge in [0.25, 0.3) is 5.89 Å². The molecule has 0 spiro atoms. The molecule has 2 aromatic rings. The molecule has 1 aromatic heterocycles. The van der Waals surface area contributed by atoms with Gasteiger partial charge in [0.15, 0.2) is 5.82 Å². The molecular weight excluding hydrogens is 327 g/mol. The Hall–Kier alpha value is -2.48. The summed E-state index contributed by atoms with van der Waals surface area (Å²) in [6.45, 7) is 0.512. The van der Waals surface area contributed by atoms with E-state index < -0.39 is 5.82 Å². The van der Waals surface area contributed by atoms with Crippen LogP contribution in [0, 0.1) is 5.82 Å². The van der Waals surface area contributed by atoms with Crippen LogP contribution in [0.25, 0.3) is 11.5 Å². The number of carbonyl (C=O) groups excluding carboxylic acids is 1. The fourth-order valence-corrected chi connectivity index (χ4v) is 3.13. The van der Waals surface area contributed by atoms with E-state index >= 15 is 0 Å². The number of aliphatic hydroxyl groups excluding tert-OH is 1. The van der Waals surface area contributed by atoms with Crippen molar-refractivity contribution in [3.8, 4) is 11.5 Å². The Bertz CT molecular complexity index is 790. The van der Waals surface area contributed by atoms with Gasteiger partial charge in [0.2, 0.25) is 0 Å². The van der Waals surface area contributed by atoms with E-state index in [4.69, 9.17) is 4.52 Å². The smallest absolute Gasteiger partial charge is 0.322 e. The summed E-state index contributed by atoms with van der Waals surface area (Å²) in [5, 5.41) is 16.1. The molecule has 1 saturated carbocycles. The van der Waals surface area contributed by atoms with Crippen LogP contribution in [0.2, 0.25) is 0 Å². The Balaban J connectivity index is 1.59. The number of hydrogen-bond donors (Lipinski definition) is 2. The van der Waals surface area contributed by atoms with Crippen molar-refractivity contribution >= 4 is 11.7 Å². The number of amides is 2. The van der Waals surface area contributed by atoms with Gasteiger partial charge in [0.05, 0.1) is 23.9 Å². The van der Waals surface area contributed by atoms with E-state index in [1.807, 2.05) is 0 Å². The van der Waals surface area contributed by atoms with Gasteiger partial charge in [-0.15, -0.1) is 0 Å². The third-order valence-electron chi connectivity index (χ3n) is 4.69. The van der Waals surface area contributed by atoms with Crippen LogP contribution in [-0.4, -0.2) is 45.4 Å². The van der Waals surface area contributed by atoms with E-state index in [1.165, 1.54) is 18.2 Å². The fourth-order valence-electron chi connectivity index (χ4n) is 3.13. The maximum absolute atomic E-state index is 13.7. The van der Waals surface area contributed by atoms with Gasteiger partial charge in [-0.25, -0.2) is 9.18 Å². The average Bonchev–Trinajstić information content (AvgIpc) is 3.15. The highest BCUT2D eigenvalue weighted by molar-refractivity contribution is 5.93. The molecule has 0 unspecified atom stereocenters. The van der Waals surface area contributed by atoms with Gasteiger partial charge in [-0.2, -0.15) is 4.98 Å². The first kappa shape index (κ1) is 16.0. The summed E-state index contributed by atoms with van der Waals surface area (Å²) in [7, 11) is 0. The van der Waals surface area contributed by atoms with Crippen molar-refractivity contribution < 1.29 is 18.8 Å². The number of aliphatic hydroxyl groups is 1.